The lowest BCUT2D eigenvalue weighted by Gasteiger charge is -1.98. The van der Waals surface area contributed by atoms with Crippen LogP contribution in [0.2, 0.25) is 0 Å². The van der Waals surface area contributed by atoms with Crippen molar-refractivity contribution < 1.29 is 0 Å². The molecule has 4 nitrogen and oxygen atoms in total. The van der Waals surface area contributed by atoms with E-state index in [2.05, 4.69) is 60.7 Å². The van der Waals surface area contributed by atoms with Crippen LogP contribution < -0.4 is 0 Å². The van der Waals surface area contributed by atoms with E-state index in [1.165, 1.54) is 20.5 Å². The van der Waals surface area contributed by atoms with E-state index in [0.717, 1.165) is 22.3 Å². The molecule has 0 aliphatic heterocycles. The smallest absolute Gasteiger partial charge is 0.109 e. The maximum absolute atomic E-state index is 4.35. The van der Waals surface area contributed by atoms with Gasteiger partial charge < -0.3 is 9.97 Å². The van der Waals surface area contributed by atoms with Crippen LogP contribution in [0.4, 0.5) is 0 Å². The van der Waals surface area contributed by atoms with Crippen molar-refractivity contribution in [3.8, 4) is 23.0 Å². The molecule has 5 aromatic rings. The zero-order chi connectivity index (χ0) is 15.9. The van der Waals surface area contributed by atoms with Crippen molar-refractivity contribution in [1.29, 1.82) is 0 Å². The number of H-pyrrole nitrogens is 2. The van der Waals surface area contributed by atoms with Gasteiger partial charge in [0.15, 0.2) is 0 Å². The second kappa shape index (κ2) is 5.34. The minimum absolute atomic E-state index is 0.829. The number of nitrogens with one attached hydrogen (secondary N) is 2. The fourth-order valence-electron chi connectivity index (χ4n) is 2.67. The Bertz CT molecular complexity index is 1210. The lowest BCUT2D eigenvalue weighted by molar-refractivity contribution is 1.30. The Morgan fingerprint density at radius 2 is 1.92 bits per heavy atom. The molecule has 0 spiro atoms. The number of aromatic amines is 2. The summed E-state index contributed by atoms with van der Waals surface area (Å²) in [6, 6.07) is 6.34. The standard InChI is InChI=1S/C18H10N4S2/c1(3-13-6-19-9-20-13)12-7-23-18-14(8-24-17(12)18)11-2-4-15-16(5-11)22-10-21-15/h2,4-10H,(H,19,20)(H,21,22). The fraction of sp³-hybridized carbons (Fsp3) is 0. The van der Waals surface area contributed by atoms with E-state index in [1.807, 2.05) is 0 Å². The maximum atomic E-state index is 4.35. The van der Waals surface area contributed by atoms with Gasteiger partial charge in [-0.1, -0.05) is 12.0 Å². The van der Waals surface area contributed by atoms with Crippen molar-refractivity contribution in [3.05, 3.63) is 59.1 Å². The average Bonchev–Trinajstić information content (AvgIpc) is 3.36. The monoisotopic (exact) mass is 346 g/mol. The quantitative estimate of drug-likeness (QED) is 0.435. The van der Waals surface area contributed by atoms with Crippen LogP contribution >= 0.6 is 22.7 Å². The number of aromatic nitrogens is 4. The van der Waals surface area contributed by atoms with Crippen molar-refractivity contribution in [2.75, 3.05) is 0 Å². The molecule has 24 heavy (non-hydrogen) atoms. The van der Waals surface area contributed by atoms with Gasteiger partial charge in [-0.2, -0.15) is 0 Å². The average molecular weight is 346 g/mol. The molecule has 0 aliphatic rings. The summed E-state index contributed by atoms with van der Waals surface area (Å²) in [6.07, 6.45) is 5.10. The predicted molar refractivity (Wildman–Crippen MR) is 99.4 cm³/mol. The maximum Gasteiger partial charge on any atom is 0.109 e. The zero-order valence-corrected chi connectivity index (χ0v) is 14.0. The highest BCUT2D eigenvalue weighted by atomic mass is 32.1. The summed E-state index contributed by atoms with van der Waals surface area (Å²) in [6.45, 7) is 0. The van der Waals surface area contributed by atoms with Crippen molar-refractivity contribution in [2.45, 2.75) is 0 Å². The third-order valence-corrected chi connectivity index (χ3v) is 6.00. The molecule has 0 unspecified atom stereocenters. The first-order chi connectivity index (χ1) is 11.9. The first kappa shape index (κ1) is 13.5. The normalized spacial score (nSPS) is 11.0. The third-order valence-electron chi connectivity index (χ3n) is 3.85. The molecular formula is C18H10N4S2. The van der Waals surface area contributed by atoms with Gasteiger partial charge in [0.2, 0.25) is 0 Å². The molecule has 6 heteroatoms. The number of fused-ring (bicyclic) bond motifs is 2. The Morgan fingerprint density at radius 1 is 0.958 bits per heavy atom. The lowest BCUT2D eigenvalue weighted by atomic mass is 10.1. The summed E-state index contributed by atoms with van der Waals surface area (Å²) in [7, 11) is 0. The molecule has 0 radical (unpaired) electrons. The summed E-state index contributed by atoms with van der Waals surface area (Å²) in [4.78, 5) is 14.5. The van der Waals surface area contributed by atoms with Crippen LogP contribution in [-0.4, -0.2) is 19.9 Å². The Labute approximate surface area is 145 Å². The number of imidazole rings is 2. The topological polar surface area (TPSA) is 57.4 Å². The Balaban J connectivity index is 1.61. The number of rotatable bonds is 1. The molecule has 0 amide bonds. The molecule has 0 aliphatic carbocycles. The number of thiophene rings is 2. The van der Waals surface area contributed by atoms with Crippen LogP contribution in [0.25, 0.3) is 31.6 Å². The third kappa shape index (κ3) is 2.14. The number of benzene rings is 1. The summed E-state index contributed by atoms with van der Waals surface area (Å²) in [5.41, 5.74) is 6.39. The van der Waals surface area contributed by atoms with Crippen LogP contribution in [0.3, 0.4) is 0 Å². The minimum atomic E-state index is 0.829. The van der Waals surface area contributed by atoms with E-state index in [1.54, 1.807) is 41.5 Å². The molecule has 0 saturated heterocycles. The van der Waals surface area contributed by atoms with E-state index in [0.29, 0.717) is 0 Å². The van der Waals surface area contributed by atoms with E-state index < -0.39 is 0 Å². The number of nitrogens with zero attached hydrogens (tertiary/aromatic N) is 2. The van der Waals surface area contributed by atoms with E-state index in [-0.39, 0.29) is 0 Å². The molecule has 1 aromatic carbocycles. The molecule has 2 N–H and O–H groups in total. The first-order valence-corrected chi connectivity index (χ1v) is 9.07. The van der Waals surface area contributed by atoms with Crippen molar-refractivity contribution in [3.63, 3.8) is 0 Å². The van der Waals surface area contributed by atoms with E-state index in [9.17, 15) is 0 Å². The van der Waals surface area contributed by atoms with Gasteiger partial charge in [-0.25, -0.2) is 9.97 Å². The molecule has 5 rings (SSSR count). The molecular weight excluding hydrogens is 336 g/mol. The van der Waals surface area contributed by atoms with Gasteiger partial charge in [0.25, 0.3) is 0 Å². The summed E-state index contributed by atoms with van der Waals surface area (Å²) in [5.74, 6) is 6.36. The van der Waals surface area contributed by atoms with Gasteiger partial charge in [-0.05, 0) is 23.6 Å². The molecule has 4 aromatic heterocycles. The molecule has 0 bridgehead atoms. The highest BCUT2D eigenvalue weighted by Gasteiger charge is 2.12. The highest BCUT2D eigenvalue weighted by molar-refractivity contribution is 7.27. The van der Waals surface area contributed by atoms with E-state index in [4.69, 9.17) is 0 Å². The summed E-state index contributed by atoms with van der Waals surface area (Å²) in [5, 5.41) is 4.33. The highest BCUT2D eigenvalue weighted by Crippen LogP contribution is 2.40. The van der Waals surface area contributed by atoms with Crippen molar-refractivity contribution in [2.24, 2.45) is 0 Å². The molecule has 4 heterocycles. The van der Waals surface area contributed by atoms with Gasteiger partial charge in [0.05, 0.1) is 44.8 Å². The van der Waals surface area contributed by atoms with Crippen LogP contribution in [0, 0.1) is 11.8 Å². The molecule has 0 saturated carbocycles. The fourth-order valence-corrected chi connectivity index (χ4v) is 4.98. The zero-order valence-electron chi connectivity index (χ0n) is 12.3. The molecule has 0 fully saturated rings. The second-order valence-corrected chi connectivity index (χ2v) is 7.07. The van der Waals surface area contributed by atoms with Gasteiger partial charge in [0.1, 0.15) is 5.69 Å². The lowest BCUT2D eigenvalue weighted by Crippen LogP contribution is -1.75. The van der Waals surface area contributed by atoms with Gasteiger partial charge in [-0.3, -0.25) is 0 Å². The summed E-state index contributed by atoms with van der Waals surface area (Å²) < 4.78 is 2.52. The Morgan fingerprint density at radius 3 is 2.83 bits per heavy atom. The minimum Gasteiger partial charge on any atom is -0.345 e. The van der Waals surface area contributed by atoms with Crippen molar-refractivity contribution in [1.82, 2.24) is 19.9 Å². The van der Waals surface area contributed by atoms with Gasteiger partial charge >= 0.3 is 0 Å². The Hall–Kier alpha value is -2.88. The molecule has 0 atom stereocenters. The van der Waals surface area contributed by atoms with Crippen LogP contribution in [0.5, 0.6) is 0 Å². The van der Waals surface area contributed by atoms with Gasteiger partial charge in [-0.15, -0.1) is 22.7 Å². The van der Waals surface area contributed by atoms with E-state index >= 15 is 0 Å². The number of hydrogen-bond donors (Lipinski definition) is 2. The van der Waals surface area contributed by atoms with Crippen LogP contribution in [-0.2, 0) is 0 Å². The van der Waals surface area contributed by atoms with Crippen molar-refractivity contribution >= 4 is 43.1 Å². The first-order valence-electron chi connectivity index (χ1n) is 7.31. The second-order valence-electron chi connectivity index (χ2n) is 5.31. The predicted octanol–water partition coefficient (Wildman–Crippen LogP) is 4.63. The van der Waals surface area contributed by atoms with Crippen LogP contribution in [0.15, 0.2) is 47.8 Å². The van der Waals surface area contributed by atoms with Gasteiger partial charge in [0, 0.05) is 16.3 Å². The Kier molecular flexibility index (Phi) is 3.01. The largest absolute Gasteiger partial charge is 0.345 e. The molecule has 114 valence electrons. The van der Waals surface area contributed by atoms with Crippen LogP contribution in [0.1, 0.15) is 11.3 Å². The summed E-state index contributed by atoms with van der Waals surface area (Å²) >= 11 is 3.48. The SMILES string of the molecule is C(#Cc1csc2c(-c3ccc4[nH]cnc4c3)csc12)c1cnc[nH]1. The number of hydrogen-bond acceptors (Lipinski definition) is 4.